The highest BCUT2D eigenvalue weighted by Crippen LogP contribution is 2.27. The van der Waals surface area contributed by atoms with E-state index in [0.29, 0.717) is 13.1 Å². The molecule has 19 heavy (non-hydrogen) atoms. The molecule has 1 aromatic rings. The molecule has 0 spiro atoms. The lowest BCUT2D eigenvalue weighted by molar-refractivity contribution is 0.0692. The van der Waals surface area contributed by atoms with Crippen LogP contribution in [-0.4, -0.2) is 36.9 Å². The third-order valence-electron chi connectivity index (χ3n) is 3.24. The zero-order valence-corrected chi connectivity index (χ0v) is 11.4. The van der Waals surface area contributed by atoms with Crippen LogP contribution in [0.3, 0.4) is 0 Å². The lowest BCUT2D eigenvalue weighted by atomic mass is 10.2. The number of rotatable bonds is 3. The molecule has 0 saturated carbocycles. The van der Waals surface area contributed by atoms with E-state index in [4.69, 9.17) is 10.8 Å². The van der Waals surface area contributed by atoms with Gasteiger partial charge in [0.2, 0.25) is 10.0 Å². The molecular weight excluding hydrogens is 268 g/mol. The van der Waals surface area contributed by atoms with Crippen LogP contribution in [0.1, 0.15) is 23.7 Å². The van der Waals surface area contributed by atoms with Crippen molar-refractivity contribution in [2.24, 2.45) is 5.92 Å². The van der Waals surface area contributed by atoms with Gasteiger partial charge >= 0.3 is 5.97 Å². The molecule has 0 radical (unpaired) electrons. The van der Waals surface area contributed by atoms with Gasteiger partial charge in [-0.2, -0.15) is 4.31 Å². The van der Waals surface area contributed by atoms with Gasteiger partial charge in [0, 0.05) is 18.8 Å². The summed E-state index contributed by atoms with van der Waals surface area (Å²) in [5.41, 5.74) is 5.56. The number of benzene rings is 1. The van der Waals surface area contributed by atoms with Gasteiger partial charge in [-0.25, -0.2) is 13.2 Å². The van der Waals surface area contributed by atoms with E-state index in [9.17, 15) is 13.2 Å². The smallest absolute Gasteiger partial charge is 0.337 e. The van der Waals surface area contributed by atoms with Crippen LogP contribution in [0.4, 0.5) is 5.69 Å². The Labute approximate surface area is 111 Å². The third kappa shape index (κ3) is 2.57. The Morgan fingerprint density at radius 2 is 2.16 bits per heavy atom. The summed E-state index contributed by atoms with van der Waals surface area (Å²) in [7, 11) is -3.80. The van der Waals surface area contributed by atoms with Crippen molar-refractivity contribution in [3.63, 3.8) is 0 Å². The standard InChI is InChI=1S/C12H16N2O4S/c1-8-4-5-14(7-8)19(17,18)11-6-9(13)2-3-10(11)12(15)16/h2-3,6,8H,4-5,7,13H2,1H3,(H,15,16). The SMILES string of the molecule is CC1CCN(S(=O)(=O)c2cc(N)ccc2C(=O)O)C1. The quantitative estimate of drug-likeness (QED) is 0.806. The highest BCUT2D eigenvalue weighted by atomic mass is 32.2. The Bertz CT molecular complexity index is 612. The summed E-state index contributed by atoms with van der Waals surface area (Å²) in [5, 5.41) is 9.09. The predicted molar refractivity (Wildman–Crippen MR) is 70.4 cm³/mol. The summed E-state index contributed by atoms with van der Waals surface area (Å²) < 4.78 is 26.2. The van der Waals surface area contributed by atoms with Crippen LogP contribution in [0.25, 0.3) is 0 Å². The Kier molecular flexibility index (Phi) is 3.51. The first kappa shape index (κ1) is 13.8. The van der Waals surface area contributed by atoms with Gasteiger partial charge in [0.05, 0.1) is 10.5 Å². The zero-order chi connectivity index (χ0) is 14.2. The lowest BCUT2D eigenvalue weighted by Crippen LogP contribution is -2.30. The second kappa shape index (κ2) is 4.82. The number of anilines is 1. The van der Waals surface area contributed by atoms with E-state index in [-0.39, 0.29) is 22.1 Å². The molecule has 0 bridgehead atoms. The van der Waals surface area contributed by atoms with Gasteiger partial charge in [-0.05, 0) is 30.5 Å². The van der Waals surface area contributed by atoms with Crippen molar-refractivity contribution in [3.8, 4) is 0 Å². The van der Waals surface area contributed by atoms with E-state index in [1.807, 2.05) is 6.92 Å². The molecule has 1 unspecified atom stereocenters. The van der Waals surface area contributed by atoms with Crippen molar-refractivity contribution in [1.82, 2.24) is 4.31 Å². The number of carbonyl (C=O) groups is 1. The minimum absolute atomic E-state index is 0.228. The van der Waals surface area contributed by atoms with Crippen molar-refractivity contribution in [1.29, 1.82) is 0 Å². The number of sulfonamides is 1. The van der Waals surface area contributed by atoms with E-state index in [2.05, 4.69) is 0 Å². The molecule has 7 heteroatoms. The molecule has 0 aliphatic carbocycles. The van der Waals surface area contributed by atoms with Gasteiger partial charge in [-0.3, -0.25) is 0 Å². The van der Waals surface area contributed by atoms with Gasteiger partial charge in [0.1, 0.15) is 0 Å². The zero-order valence-electron chi connectivity index (χ0n) is 10.5. The van der Waals surface area contributed by atoms with Crippen molar-refractivity contribution < 1.29 is 18.3 Å². The summed E-state index contributed by atoms with van der Waals surface area (Å²) in [6.07, 6.45) is 0.782. The molecule has 0 amide bonds. The maximum absolute atomic E-state index is 12.5. The fourth-order valence-electron chi connectivity index (χ4n) is 2.18. The van der Waals surface area contributed by atoms with Gasteiger partial charge in [-0.15, -0.1) is 0 Å². The van der Waals surface area contributed by atoms with Crippen molar-refractivity contribution in [3.05, 3.63) is 23.8 Å². The van der Waals surface area contributed by atoms with Crippen LogP contribution in [0.5, 0.6) is 0 Å². The lowest BCUT2D eigenvalue weighted by Gasteiger charge is -2.17. The van der Waals surface area contributed by atoms with Crippen molar-refractivity contribution in [2.45, 2.75) is 18.2 Å². The average molecular weight is 284 g/mol. The molecule has 1 aromatic carbocycles. The van der Waals surface area contributed by atoms with Crippen molar-refractivity contribution >= 4 is 21.7 Å². The monoisotopic (exact) mass is 284 g/mol. The minimum Gasteiger partial charge on any atom is -0.478 e. The molecule has 1 fully saturated rings. The van der Waals surface area contributed by atoms with E-state index in [0.717, 1.165) is 6.42 Å². The molecule has 104 valence electrons. The van der Waals surface area contributed by atoms with Crippen LogP contribution in [-0.2, 0) is 10.0 Å². The fourth-order valence-corrected chi connectivity index (χ4v) is 3.97. The second-order valence-electron chi connectivity index (χ2n) is 4.82. The number of nitrogens with two attached hydrogens (primary N) is 1. The van der Waals surface area contributed by atoms with Gasteiger partial charge in [0.15, 0.2) is 0 Å². The first-order chi connectivity index (χ1) is 8.82. The van der Waals surface area contributed by atoms with E-state index < -0.39 is 16.0 Å². The fraction of sp³-hybridized carbons (Fsp3) is 0.417. The first-order valence-electron chi connectivity index (χ1n) is 5.95. The molecule has 1 saturated heterocycles. The molecule has 1 atom stereocenters. The summed E-state index contributed by atoms with van der Waals surface area (Å²) in [4.78, 5) is 10.9. The average Bonchev–Trinajstić information content (AvgIpc) is 2.76. The minimum atomic E-state index is -3.80. The van der Waals surface area contributed by atoms with Gasteiger partial charge in [-0.1, -0.05) is 6.92 Å². The number of hydrogen-bond acceptors (Lipinski definition) is 4. The van der Waals surface area contributed by atoms with Gasteiger partial charge in [0.25, 0.3) is 0 Å². The number of carboxylic acid groups (broad SMARTS) is 1. The highest BCUT2D eigenvalue weighted by Gasteiger charge is 2.33. The van der Waals surface area contributed by atoms with Crippen LogP contribution in [0.15, 0.2) is 23.1 Å². The van der Waals surface area contributed by atoms with E-state index >= 15 is 0 Å². The molecule has 1 heterocycles. The highest BCUT2D eigenvalue weighted by molar-refractivity contribution is 7.89. The summed E-state index contributed by atoms with van der Waals surface area (Å²) in [5.74, 6) is -0.991. The Balaban J connectivity index is 2.51. The maximum atomic E-state index is 12.5. The number of hydrogen-bond donors (Lipinski definition) is 2. The largest absolute Gasteiger partial charge is 0.478 e. The number of aromatic carboxylic acids is 1. The molecule has 1 aliphatic rings. The van der Waals surface area contributed by atoms with Gasteiger partial charge < -0.3 is 10.8 Å². The van der Waals surface area contributed by atoms with E-state index in [1.54, 1.807) is 0 Å². The van der Waals surface area contributed by atoms with Crippen molar-refractivity contribution in [2.75, 3.05) is 18.8 Å². The summed E-state index contributed by atoms with van der Waals surface area (Å²) in [6.45, 7) is 2.79. The topological polar surface area (TPSA) is 101 Å². The van der Waals surface area contributed by atoms with Crippen LogP contribution in [0, 0.1) is 5.92 Å². The molecule has 1 aliphatic heterocycles. The summed E-state index contributed by atoms with van der Waals surface area (Å²) >= 11 is 0. The van der Waals surface area contributed by atoms with Crippen LogP contribution >= 0.6 is 0 Å². The molecule has 2 rings (SSSR count). The molecule has 3 N–H and O–H groups in total. The van der Waals surface area contributed by atoms with Crippen LogP contribution in [0.2, 0.25) is 0 Å². The molecule has 0 aromatic heterocycles. The molecule has 6 nitrogen and oxygen atoms in total. The first-order valence-corrected chi connectivity index (χ1v) is 7.39. The maximum Gasteiger partial charge on any atom is 0.337 e. The Morgan fingerprint density at radius 1 is 1.47 bits per heavy atom. The number of carboxylic acids is 1. The van der Waals surface area contributed by atoms with E-state index in [1.165, 1.54) is 22.5 Å². The predicted octanol–water partition coefficient (Wildman–Crippen LogP) is 0.998. The molecular formula is C12H16N2O4S. The Hall–Kier alpha value is -1.60. The second-order valence-corrected chi connectivity index (χ2v) is 6.72. The van der Waals surface area contributed by atoms with Crippen LogP contribution < -0.4 is 5.73 Å². The number of nitrogen functional groups attached to an aromatic ring is 1. The third-order valence-corrected chi connectivity index (χ3v) is 5.15. The normalized spacial score (nSPS) is 20.6. The summed E-state index contributed by atoms with van der Waals surface area (Å²) in [6, 6.07) is 3.82. The Morgan fingerprint density at radius 3 is 2.68 bits per heavy atom. The number of nitrogens with zero attached hydrogens (tertiary/aromatic N) is 1.